The smallest absolute Gasteiger partial charge is 0.237 e. The van der Waals surface area contributed by atoms with E-state index < -0.39 is 0 Å². The van der Waals surface area contributed by atoms with Crippen LogP contribution >= 0.6 is 0 Å². The minimum absolute atomic E-state index is 0.0666. The summed E-state index contributed by atoms with van der Waals surface area (Å²) >= 11 is 0. The Bertz CT molecular complexity index is 462. The zero-order valence-electron chi connectivity index (χ0n) is 12.3. The molecule has 1 aliphatic rings. The van der Waals surface area contributed by atoms with Gasteiger partial charge in [-0.3, -0.25) is 10.1 Å². The van der Waals surface area contributed by atoms with Crippen molar-refractivity contribution >= 4 is 5.91 Å². The van der Waals surface area contributed by atoms with E-state index in [2.05, 4.69) is 34.9 Å². The molecule has 0 fully saturated rings. The summed E-state index contributed by atoms with van der Waals surface area (Å²) in [5, 5.41) is 6.46. The number of hydrogen-bond acceptors (Lipinski definition) is 2. The highest BCUT2D eigenvalue weighted by atomic mass is 16.2. The highest BCUT2D eigenvalue weighted by Crippen LogP contribution is 2.30. The van der Waals surface area contributed by atoms with Crippen molar-refractivity contribution in [1.29, 1.82) is 0 Å². The molecule has 3 heteroatoms. The van der Waals surface area contributed by atoms with Crippen molar-refractivity contribution in [3.05, 3.63) is 35.4 Å². The first-order valence-electron chi connectivity index (χ1n) is 7.03. The van der Waals surface area contributed by atoms with Gasteiger partial charge in [-0.15, -0.1) is 0 Å². The van der Waals surface area contributed by atoms with Crippen LogP contribution in [0.25, 0.3) is 0 Å². The highest BCUT2D eigenvalue weighted by Gasteiger charge is 2.26. The highest BCUT2D eigenvalue weighted by molar-refractivity contribution is 5.82. The molecule has 1 amide bonds. The van der Waals surface area contributed by atoms with Crippen molar-refractivity contribution in [3.63, 3.8) is 0 Å². The summed E-state index contributed by atoms with van der Waals surface area (Å²) < 4.78 is 0. The predicted molar refractivity (Wildman–Crippen MR) is 78.0 cm³/mol. The molecule has 1 aromatic carbocycles. The third kappa shape index (κ3) is 3.57. The Kier molecular flexibility index (Phi) is 3.95. The van der Waals surface area contributed by atoms with E-state index in [-0.39, 0.29) is 17.5 Å². The first-order chi connectivity index (χ1) is 8.87. The molecule has 2 atom stereocenters. The number of carbonyl (C=O) groups is 1. The molecular formula is C16H24N2O. The Morgan fingerprint density at radius 2 is 2.00 bits per heavy atom. The molecule has 2 N–H and O–H groups in total. The van der Waals surface area contributed by atoms with E-state index in [4.69, 9.17) is 0 Å². The van der Waals surface area contributed by atoms with Gasteiger partial charge in [0.15, 0.2) is 0 Å². The summed E-state index contributed by atoms with van der Waals surface area (Å²) in [5.74, 6) is 0.0666. The average molecular weight is 260 g/mol. The molecule has 1 aliphatic carbocycles. The van der Waals surface area contributed by atoms with Crippen molar-refractivity contribution < 1.29 is 4.79 Å². The molecule has 2 rings (SSSR count). The third-order valence-electron chi connectivity index (χ3n) is 3.48. The summed E-state index contributed by atoms with van der Waals surface area (Å²) in [6.07, 6.45) is 2.17. The van der Waals surface area contributed by atoms with E-state index >= 15 is 0 Å². The Morgan fingerprint density at radius 3 is 2.68 bits per heavy atom. The van der Waals surface area contributed by atoms with Crippen LogP contribution in [-0.4, -0.2) is 17.5 Å². The average Bonchev–Trinajstić information content (AvgIpc) is 2.70. The molecule has 0 saturated carbocycles. The molecule has 3 nitrogen and oxygen atoms in total. The Morgan fingerprint density at radius 1 is 1.32 bits per heavy atom. The van der Waals surface area contributed by atoms with Crippen LogP contribution < -0.4 is 10.6 Å². The van der Waals surface area contributed by atoms with E-state index in [1.807, 2.05) is 27.7 Å². The Hall–Kier alpha value is -1.35. The lowest BCUT2D eigenvalue weighted by atomic mass is 10.1. The van der Waals surface area contributed by atoms with E-state index in [9.17, 15) is 4.79 Å². The van der Waals surface area contributed by atoms with Crippen molar-refractivity contribution in [2.75, 3.05) is 0 Å². The van der Waals surface area contributed by atoms with Gasteiger partial charge < -0.3 is 5.32 Å². The van der Waals surface area contributed by atoms with Crippen LogP contribution in [0.5, 0.6) is 0 Å². The van der Waals surface area contributed by atoms with Crippen LogP contribution in [0.4, 0.5) is 0 Å². The maximum absolute atomic E-state index is 12.1. The maximum atomic E-state index is 12.1. The van der Waals surface area contributed by atoms with Gasteiger partial charge in [0.2, 0.25) is 5.91 Å². The van der Waals surface area contributed by atoms with Crippen LogP contribution in [0.15, 0.2) is 24.3 Å². The van der Waals surface area contributed by atoms with Crippen LogP contribution in [0.1, 0.15) is 51.3 Å². The van der Waals surface area contributed by atoms with Gasteiger partial charge in [0.05, 0.1) is 6.04 Å². The monoisotopic (exact) mass is 260 g/mol. The Balaban J connectivity index is 1.97. The first-order valence-corrected chi connectivity index (χ1v) is 7.03. The van der Waals surface area contributed by atoms with Crippen molar-refractivity contribution in [2.45, 2.75) is 58.2 Å². The lowest BCUT2D eigenvalue weighted by Crippen LogP contribution is -2.50. The largest absolute Gasteiger partial charge is 0.350 e. The van der Waals surface area contributed by atoms with Gasteiger partial charge in [0.25, 0.3) is 0 Å². The normalized spacial score (nSPS) is 19.9. The standard InChI is InChI=1S/C16H24N2O/c1-11(15(19)18-16(2,3)4)17-14-10-9-12-7-5-6-8-13(12)14/h5-8,11,14,17H,9-10H2,1-4H3,(H,18,19). The molecule has 1 aromatic rings. The SMILES string of the molecule is CC(NC1CCc2ccccc21)C(=O)NC(C)(C)C. The zero-order valence-corrected chi connectivity index (χ0v) is 12.3. The molecule has 0 aromatic heterocycles. The molecule has 0 saturated heterocycles. The van der Waals surface area contributed by atoms with E-state index in [0.717, 1.165) is 12.8 Å². The summed E-state index contributed by atoms with van der Waals surface area (Å²) in [4.78, 5) is 12.1. The second-order valence-corrected chi connectivity index (χ2v) is 6.42. The minimum Gasteiger partial charge on any atom is -0.350 e. The van der Waals surface area contributed by atoms with E-state index in [0.29, 0.717) is 6.04 Å². The fraction of sp³-hybridized carbons (Fsp3) is 0.562. The number of benzene rings is 1. The number of nitrogens with one attached hydrogen (secondary N) is 2. The lowest BCUT2D eigenvalue weighted by molar-refractivity contribution is -0.124. The van der Waals surface area contributed by atoms with Gasteiger partial charge >= 0.3 is 0 Å². The van der Waals surface area contributed by atoms with Crippen LogP contribution in [0, 0.1) is 0 Å². The summed E-state index contributed by atoms with van der Waals surface area (Å²) in [7, 11) is 0. The van der Waals surface area contributed by atoms with Crippen molar-refractivity contribution in [1.82, 2.24) is 10.6 Å². The number of amides is 1. The lowest BCUT2D eigenvalue weighted by Gasteiger charge is -2.25. The molecule has 0 bridgehead atoms. The Labute approximate surface area is 115 Å². The number of rotatable bonds is 3. The van der Waals surface area contributed by atoms with Gasteiger partial charge in [-0.25, -0.2) is 0 Å². The van der Waals surface area contributed by atoms with Crippen LogP contribution in [0.3, 0.4) is 0 Å². The van der Waals surface area contributed by atoms with Crippen molar-refractivity contribution in [3.8, 4) is 0 Å². The molecule has 0 spiro atoms. The molecule has 0 heterocycles. The number of hydrogen-bond donors (Lipinski definition) is 2. The van der Waals surface area contributed by atoms with Crippen LogP contribution in [0.2, 0.25) is 0 Å². The quantitative estimate of drug-likeness (QED) is 0.877. The van der Waals surface area contributed by atoms with E-state index in [1.54, 1.807) is 0 Å². The summed E-state index contributed by atoms with van der Waals surface area (Å²) in [5.41, 5.74) is 2.57. The van der Waals surface area contributed by atoms with E-state index in [1.165, 1.54) is 11.1 Å². The van der Waals surface area contributed by atoms with Gasteiger partial charge in [0.1, 0.15) is 0 Å². The maximum Gasteiger partial charge on any atom is 0.237 e. The number of carbonyl (C=O) groups excluding carboxylic acids is 1. The summed E-state index contributed by atoms with van der Waals surface area (Å²) in [6.45, 7) is 7.94. The fourth-order valence-electron chi connectivity index (χ4n) is 2.59. The molecular weight excluding hydrogens is 236 g/mol. The second-order valence-electron chi connectivity index (χ2n) is 6.42. The molecule has 0 aliphatic heterocycles. The topological polar surface area (TPSA) is 41.1 Å². The summed E-state index contributed by atoms with van der Waals surface area (Å²) in [6, 6.07) is 8.62. The first kappa shape index (κ1) is 14.1. The fourth-order valence-corrected chi connectivity index (χ4v) is 2.59. The van der Waals surface area contributed by atoms with Crippen molar-refractivity contribution in [2.24, 2.45) is 0 Å². The second kappa shape index (κ2) is 5.33. The van der Waals surface area contributed by atoms with Crippen LogP contribution in [-0.2, 0) is 11.2 Å². The predicted octanol–water partition coefficient (Wildman–Crippen LogP) is 2.57. The van der Waals surface area contributed by atoms with Gasteiger partial charge in [-0.2, -0.15) is 0 Å². The molecule has 0 radical (unpaired) electrons. The van der Waals surface area contributed by atoms with Gasteiger partial charge in [-0.1, -0.05) is 24.3 Å². The number of aryl methyl sites for hydroxylation is 1. The zero-order chi connectivity index (χ0) is 14.0. The molecule has 104 valence electrons. The number of fused-ring (bicyclic) bond motifs is 1. The third-order valence-corrected chi connectivity index (χ3v) is 3.48. The van der Waals surface area contributed by atoms with Gasteiger partial charge in [-0.05, 0) is 51.7 Å². The van der Waals surface area contributed by atoms with Gasteiger partial charge in [0, 0.05) is 11.6 Å². The minimum atomic E-state index is -0.180. The molecule has 19 heavy (non-hydrogen) atoms. The molecule has 2 unspecified atom stereocenters.